The van der Waals surface area contributed by atoms with Crippen molar-refractivity contribution in [3.05, 3.63) is 36.5 Å². The maximum Gasteiger partial charge on any atom is 0.333 e. The van der Waals surface area contributed by atoms with Crippen LogP contribution in [0, 0.1) is 0 Å². The van der Waals surface area contributed by atoms with Gasteiger partial charge in [0.15, 0.2) is 0 Å². The standard InChI is InChI=1S/C16H20O8/c1-11(2)15(19)23-9-7-21-13(17)5-6-14(18)22-8-10-24-16(20)12(3)4/h5-6H,1,3,7-10H2,2,4H3/b6-5-. The molecule has 0 aliphatic heterocycles. The van der Waals surface area contributed by atoms with Gasteiger partial charge in [-0.15, -0.1) is 0 Å². The van der Waals surface area contributed by atoms with Gasteiger partial charge >= 0.3 is 23.9 Å². The molecule has 0 aliphatic rings. The van der Waals surface area contributed by atoms with Crippen LogP contribution in [0.1, 0.15) is 13.8 Å². The molecule has 0 aromatic rings. The summed E-state index contributed by atoms with van der Waals surface area (Å²) in [5.41, 5.74) is 0.468. The predicted octanol–water partition coefficient (Wildman–Crippen LogP) is 0.868. The van der Waals surface area contributed by atoms with Gasteiger partial charge in [0.2, 0.25) is 0 Å². The van der Waals surface area contributed by atoms with Crippen LogP contribution in [0.5, 0.6) is 0 Å². The van der Waals surface area contributed by atoms with Crippen molar-refractivity contribution in [2.45, 2.75) is 13.8 Å². The summed E-state index contributed by atoms with van der Waals surface area (Å²) < 4.78 is 18.8. The van der Waals surface area contributed by atoms with Crippen LogP contribution in [-0.2, 0) is 38.1 Å². The monoisotopic (exact) mass is 340 g/mol. The summed E-state index contributed by atoms with van der Waals surface area (Å²) in [4.78, 5) is 44.6. The minimum absolute atomic E-state index is 0.121. The van der Waals surface area contributed by atoms with Crippen molar-refractivity contribution in [2.75, 3.05) is 26.4 Å². The zero-order valence-electron chi connectivity index (χ0n) is 13.7. The van der Waals surface area contributed by atoms with Crippen molar-refractivity contribution in [3.63, 3.8) is 0 Å². The Morgan fingerprint density at radius 1 is 0.667 bits per heavy atom. The highest BCUT2D eigenvalue weighted by atomic mass is 16.6. The van der Waals surface area contributed by atoms with E-state index in [1.807, 2.05) is 0 Å². The third-order valence-electron chi connectivity index (χ3n) is 2.17. The lowest BCUT2D eigenvalue weighted by Gasteiger charge is -2.05. The maximum atomic E-state index is 11.3. The van der Waals surface area contributed by atoms with Gasteiger partial charge < -0.3 is 18.9 Å². The number of hydrogen-bond acceptors (Lipinski definition) is 8. The Morgan fingerprint density at radius 2 is 0.958 bits per heavy atom. The van der Waals surface area contributed by atoms with E-state index in [-0.39, 0.29) is 37.6 Å². The number of carbonyl (C=O) groups excluding carboxylic acids is 4. The van der Waals surface area contributed by atoms with Crippen LogP contribution < -0.4 is 0 Å². The van der Waals surface area contributed by atoms with Crippen molar-refractivity contribution in [3.8, 4) is 0 Å². The Bertz CT molecular complexity index is 496. The van der Waals surface area contributed by atoms with E-state index in [0.717, 1.165) is 12.2 Å². The molecule has 0 amide bonds. The smallest absolute Gasteiger partial charge is 0.333 e. The second-order valence-electron chi connectivity index (χ2n) is 4.50. The highest BCUT2D eigenvalue weighted by Gasteiger charge is 2.05. The molecule has 0 fully saturated rings. The molecule has 0 spiro atoms. The first-order valence-corrected chi connectivity index (χ1v) is 6.91. The molecule has 132 valence electrons. The molecule has 0 atom stereocenters. The highest BCUT2D eigenvalue weighted by Crippen LogP contribution is 1.93. The van der Waals surface area contributed by atoms with Gasteiger partial charge in [-0.25, -0.2) is 19.2 Å². The van der Waals surface area contributed by atoms with Crippen LogP contribution >= 0.6 is 0 Å². The summed E-state index contributed by atoms with van der Waals surface area (Å²) in [5.74, 6) is -2.77. The Kier molecular flexibility index (Phi) is 10.2. The summed E-state index contributed by atoms with van der Waals surface area (Å²) >= 11 is 0. The van der Waals surface area contributed by atoms with E-state index in [2.05, 4.69) is 22.6 Å². The number of ether oxygens (including phenoxy) is 4. The molecule has 0 aromatic heterocycles. The molecule has 0 rings (SSSR count). The molecular weight excluding hydrogens is 320 g/mol. The number of rotatable bonds is 10. The van der Waals surface area contributed by atoms with Gasteiger partial charge in [0, 0.05) is 23.3 Å². The second kappa shape index (κ2) is 11.6. The van der Waals surface area contributed by atoms with E-state index in [4.69, 9.17) is 9.47 Å². The molecule has 0 aromatic carbocycles. The quantitative estimate of drug-likeness (QED) is 0.250. The predicted molar refractivity (Wildman–Crippen MR) is 82.6 cm³/mol. The van der Waals surface area contributed by atoms with E-state index in [0.29, 0.717) is 0 Å². The first-order valence-electron chi connectivity index (χ1n) is 6.91. The number of esters is 4. The fourth-order valence-corrected chi connectivity index (χ4v) is 1.03. The lowest BCUT2D eigenvalue weighted by atomic mass is 10.4. The van der Waals surface area contributed by atoms with Crippen molar-refractivity contribution < 1.29 is 38.1 Å². The van der Waals surface area contributed by atoms with Crippen LogP contribution in [0.3, 0.4) is 0 Å². The summed E-state index contributed by atoms with van der Waals surface area (Å²) in [5, 5.41) is 0. The molecule has 0 heterocycles. The van der Waals surface area contributed by atoms with Gasteiger partial charge in [0.05, 0.1) is 0 Å². The SMILES string of the molecule is C=C(C)C(=O)OCCOC(=O)/C=C\C(=O)OCCOC(=O)C(=C)C. The summed E-state index contributed by atoms with van der Waals surface area (Å²) in [7, 11) is 0. The number of hydrogen-bond donors (Lipinski definition) is 0. The van der Waals surface area contributed by atoms with Gasteiger partial charge in [-0.3, -0.25) is 0 Å². The van der Waals surface area contributed by atoms with Crippen LogP contribution in [-0.4, -0.2) is 50.3 Å². The minimum Gasteiger partial charge on any atom is -0.459 e. The van der Waals surface area contributed by atoms with E-state index in [1.54, 1.807) is 0 Å². The molecule has 0 saturated heterocycles. The fourth-order valence-electron chi connectivity index (χ4n) is 1.03. The average Bonchev–Trinajstić information content (AvgIpc) is 2.52. The molecule has 8 heteroatoms. The van der Waals surface area contributed by atoms with E-state index in [9.17, 15) is 19.2 Å². The van der Waals surface area contributed by atoms with E-state index >= 15 is 0 Å². The van der Waals surface area contributed by atoms with Crippen molar-refractivity contribution in [1.29, 1.82) is 0 Å². The third-order valence-corrected chi connectivity index (χ3v) is 2.17. The van der Waals surface area contributed by atoms with Gasteiger partial charge in [-0.05, 0) is 13.8 Å². The average molecular weight is 340 g/mol. The molecule has 0 bridgehead atoms. The molecule has 0 saturated carbocycles. The molecule has 0 unspecified atom stereocenters. The molecule has 8 nitrogen and oxygen atoms in total. The topological polar surface area (TPSA) is 105 Å². The summed E-state index contributed by atoms with van der Waals surface area (Å²) in [6.45, 7) is 9.20. The Labute approximate surface area is 139 Å². The summed E-state index contributed by atoms with van der Waals surface area (Å²) in [6, 6.07) is 0. The normalized spacial score (nSPS) is 9.92. The largest absolute Gasteiger partial charge is 0.459 e. The molecule has 0 aliphatic carbocycles. The third kappa shape index (κ3) is 10.8. The Hall–Kier alpha value is -2.90. The fraction of sp³-hybridized carbons (Fsp3) is 0.375. The second-order valence-corrected chi connectivity index (χ2v) is 4.50. The van der Waals surface area contributed by atoms with Crippen LogP contribution in [0.4, 0.5) is 0 Å². The minimum atomic E-state index is -0.799. The maximum absolute atomic E-state index is 11.3. The van der Waals surface area contributed by atoms with Gasteiger partial charge in [-0.1, -0.05) is 13.2 Å². The summed E-state index contributed by atoms with van der Waals surface area (Å²) in [6.07, 6.45) is 1.73. The Balaban J connectivity index is 3.83. The van der Waals surface area contributed by atoms with Crippen molar-refractivity contribution in [1.82, 2.24) is 0 Å². The lowest BCUT2D eigenvalue weighted by molar-refractivity contribution is -0.147. The zero-order valence-corrected chi connectivity index (χ0v) is 13.7. The van der Waals surface area contributed by atoms with Crippen molar-refractivity contribution in [2.24, 2.45) is 0 Å². The first kappa shape index (κ1) is 21.1. The van der Waals surface area contributed by atoms with Crippen LogP contribution in [0.25, 0.3) is 0 Å². The van der Waals surface area contributed by atoms with Crippen LogP contribution in [0.15, 0.2) is 36.5 Å². The van der Waals surface area contributed by atoms with Gasteiger partial charge in [0.1, 0.15) is 26.4 Å². The zero-order chi connectivity index (χ0) is 18.5. The van der Waals surface area contributed by atoms with Crippen LogP contribution in [0.2, 0.25) is 0 Å². The molecule has 24 heavy (non-hydrogen) atoms. The lowest BCUT2D eigenvalue weighted by Crippen LogP contribution is -2.14. The highest BCUT2D eigenvalue weighted by molar-refractivity contribution is 5.91. The molecule has 0 radical (unpaired) electrons. The molecule has 0 N–H and O–H groups in total. The van der Waals surface area contributed by atoms with Gasteiger partial charge in [0.25, 0.3) is 0 Å². The van der Waals surface area contributed by atoms with E-state index in [1.165, 1.54) is 13.8 Å². The number of carbonyl (C=O) groups is 4. The first-order chi connectivity index (χ1) is 11.2. The van der Waals surface area contributed by atoms with Gasteiger partial charge in [-0.2, -0.15) is 0 Å². The van der Waals surface area contributed by atoms with E-state index < -0.39 is 23.9 Å². The molecular formula is C16H20O8. The Morgan fingerprint density at radius 3 is 1.25 bits per heavy atom. The van der Waals surface area contributed by atoms with Crippen molar-refractivity contribution >= 4 is 23.9 Å².